The predicted molar refractivity (Wildman–Crippen MR) is 112 cm³/mol. The molecule has 0 spiro atoms. The summed E-state index contributed by atoms with van der Waals surface area (Å²) >= 11 is 0. The van der Waals surface area contributed by atoms with E-state index in [1.807, 2.05) is 10.9 Å². The molecule has 1 N–H and O–H groups in total. The third kappa shape index (κ3) is 5.76. The normalized spacial score (nSPS) is 11.0. The standard InChI is InChI=1S/C23H30N4/c1-3-4-5-9-15-24-17-22-23(21-13-7-6-8-14-21)26-27(25-22)18-20-12-10-11-19(2)16-20/h6-8,10-14,16,24H,3-5,9,15,17-18H2,1-2H3. The summed E-state index contributed by atoms with van der Waals surface area (Å²) in [5.74, 6) is 0. The molecule has 0 radical (unpaired) electrons. The summed E-state index contributed by atoms with van der Waals surface area (Å²) in [6, 6.07) is 18.9. The van der Waals surface area contributed by atoms with Gasteiger partial charge in [-0.2, -0.15) is 15.0 Å². The molecule has 0 atom stereocenters. The van der Waals surface area contributed by atoms with Crippen LogP contribution in [0.15, 0.2) is 54.6 Å². The zero-order valence-corrected chi connectivity index (χ0v) is 16.5. The second kappa shape index (κ2) is 10.0. The number of benzene rings is 2. The predicted octanol–water partition coefficient (Wildman–Crippen LogP) is 4.97. The van der Waals surface area contributed by atoms with E-state index in [0.717, 1.165) is 30.0 Å². The summed E-state index contributed by atoms with van der Waals surface area (Å²) in [7, 11) is 0. The minimum absolute atomic E-state index is 0.692. The van der Waals surface area contributed by atoms with Gasteiger partial charge in [0.1, 0.15) is 11.4 Å². The SMILES string of the molecule is CCCCCCNCc1nn(Cc2cccc(C)c2)nc1-c1ccccc1. The van der Waals surface area contributed by atoms with E-state index in [9.17, 15) is 0 Å². The molecular formula is C23H30N4. The van der Waals surface area contributed by atoms with E-state index in [0.29, 0.717) is 6.54 Å². The van der Waals surface area contributed by atoms with Crippen LogP contribution in [-0.4, -0.2) is 21.5 Å². The van der Waals surface area contributed by atoms with E-state index in [2.05, 4.69) is 67.7 Å². The van der Waals surface area contributed by atoms with Gasteiger partial charge in [-0.25, -0.2) is 0 Å². The van der Waals surface area contributed by atoms with Crippen LogP contribution >= 0.6 is 0 Å². The minimum atomic E-state index is 0.692. The van der Waals surface area contributed by atoms with Gasteiger partial charge < -0.3 is 5.32 Å². The molecule has 4 heteroatoms. The number of hydrogen-bond donors (Lipinski definition) is 1. The van der Waals surface area contributed by atoms with Gasteiger partial charge in [-0.15, -0.1) is 0 Å². The first-order valence-electron chi connectivity index (χ1n) is 10.0. The largest absolute Gasteiger partial charge is 0.311 e. The summed E-state index contributed by atoms with van der Waals surface area (Å²) in [5, 5.41) is 13.1. The third-order valence-corrected chi connectivity index (χ3v) is 4.68. The van der Waals surface area contributed by atoms with Crippen LogP contribution in [0.2, 0.25) is 0 Å². The monoisotopic (exact) mass is 362 g/mol. The third-order valence-electron chi connectivity index (χ3n) is 4.68. The Morgan fingerprint density at radius 1 is 0.926 bits per heavy atom. The number of nitrogens with zero attached hydrogens (tertiary/aromatic N) is 3. The molecule has 0 unspecified atom stereocenters. The lowest BCUT2D eigenvalue weighted by atomic mass is 10.1. The molecule has 3 aromatic rings. The summed E-state index contributed by atoms with van der Waals surface area (Å²) in [4.78, 5) is 1.82. The Kier molecular flexibility index (Phi) is 7.17. The van der Waals surface area contributed by atoms with Gasteiger partial charge in [-0.05, 0) is 25.5 Å². The van der Waals surface area contributed by atoms with Crippen molar-refractivity contribution < 1.29 is 0 Å². The quantitative estimate of drug-likeness (QED) is 0.518. The lowest BCUT2D eigenvalue weighted by Gasteiger charge is -2.04. The van der Waals surface area contributed by atoms with Crippen LogP contribution in [0.3, 0.4) is 0 Å². The van der Waals surface area contributed by atoms with Crippen molar-refractivity contribution in [3.63, 3.8) is 0 Å². The van der Waals surface area contributed by atoms with Crippen LogP contribution in [-0.2, 0) is 13.1 Å². The molecule has 0 amide bonds. The second-order valence-corrected chi connectivity index (χ2v) is 7.12. The van der Waals surface area contributed by atoms with Crippen molar-refractivity contribution in [2.75, 3.05) is 6.54 Å². The minimum Gasteiger partial charge on any atom is -0.311 e. The van der Waals surface area contributed by atoms with Crippen molar-refractivity contribution in [3.05, 3.63) is 71.4 Å². The van der Waals surface area contributed by atoms with E-state index in [1.54, 1.807) is 0 Å². The number of aryl methyl sites for hydroxylation is 1. The average molecular weight is 363 g/mol. The molecule has 1 heterocycles. The van der Waals surface area contributed by atoms with E-state index >= 15 is 0 Å². The Hall–Kier alpha value is -2.46. The molecule has 0 aliphatic carbocycles. The first-order valence-corrected chi connectivity index (χ1v) is 10.0. The van der Waals surface area contributed by atoms with Gasteiger partial charge in [0.15, 0.2) is 0 Å². The van der Waals surface area contributed by atoms with E-state index in [1.165, 1.54) is 36.8 Å². The smallest absolute Gasteiger partial charge is 0.117 e. The molecule has 0 aliphatic heterocycles. The molecular weight excluding hydrogens is 332 g/mol. The molecule has 0 saturated carbocycles. The van der Waals surface area contributed by atoms with Gasteiger partial charge in [0.2, 0.25) is 0 Å². The van der Waals surface area contributed by atoms with Crippen LogP contribution < -0.4 is 5.32 Å². The lowest BCUT2D eigenvalue weighted by molar-refractivity contribution is 0.565. The Labute approximate surface area is 162 Å². The fraction of sp³-hybridized carbons (Fsp3) is 0.391. The number of unbranched alkanes of at least 4 members (excludes halogenated alkanes) is 3. The first kappa shape index (κ1) is 19.3. The molecule has 0 aliphatic rings. The lowest BCUT2D eigenvalue weighted by Crippen LogP contribution is -2.16. The van der Waals surface area contributed by atoms with E-state index < -0.39 is 0 Å². The van der Waals surface area contributed by atoms with Crippen molar-refractivity contribution >= 4 is 0 Å². The van der Waals surface area contributed by atoms with Crippen LogP contribution in [0.1, 0.15) is 49.4 Å². The maximum Gasteiger partial charge on any atom is 0.117 e. The zero-order chi connectivity index (χ0) is 18.9. The van der Waals surface area contributed by atoms with Gasteiger partial charge >= 0.3 is 0 Å². The van der Waals surface area contributed by atoms with Crippen molar-refractivity contribution in [3.8, 4) is 11.3 Å². The van der Waals surface area contributed by atoms with Crippen LogP contribution in [0.5, 0.6) is 0 Å². The maximum atomic E-state index is 4.80. The molecule has 4 nitrogen and oxygen atoms in total. The summed E-state index contributed by atoms with van der Waals surface area (Å²) in [6.45, 7) is 6.83. The number of aromatic nitrogens is 3. The zero-order valence-electron chi connectivity index (χ0n) is 16.5. The molecule has 0 bridgehead atoms. The van der Waals surface area contributed by atoms with Crippen LogP contribution in [0.4, 0.5) is 0 Å². The highest BCUT2D eigenvalue weighted by molar-refractivity contribution is 5.60. The molecule has 1 aromatic heterocycles. The highest BCUT2D eigenvalue weighted by atomic mass is 15.5. The molecule has 142 valence electrons. The Bertz CT molecular complexity index is 823. The molecule has 0 saturated heterocycles. The van der Waals surface area contributed by atoms with Crippen molar-refractivity contribution in [2.24, 2.45) is 0 Å². The summed E-state index contributed by atoms with van der Waals surface area (Å²) in [5.41, 5.74) is 5.60. The van der Waals surface area contributed by atoms with Gasteiger partial charge in [0.25, 0.3) is 0 Å². The molecule has 3 rings (SSSR count). The molecule has 0 fully saturated rings. The van der Waals surface area contributed by atoms with Crippen molar-refractivity contribution in [1.29, 1.82) is 0 Å². The van der Waals surface area contributed by atoms with Crippen LogP contribution in [0.25, 0.3) is 11.3 Å². The fourth-order valence-corrected chi connectivity index (χ4v) is 3.25. The highest BCUT2D eigenvalue weighted by Crippen LogP contribution is 2.20. The summed E-state index contributed by atoms with van der Waals surface area (Å²) in [6.07, 6.45) is 5.08. The second-order valence-electron chi connectivity index (χ2n) is 7.12. The van der Waals surface area contributed by atoms with Gasteiger partial charge in [-0.3, -0.25) is 0 Å². The highest BCUT2D eigenvalue weighted by Gasteiger charge is 2.13. The number of nitrogens with one attached hydrogen (secondary N) is 1. The van der Waals surface area contributed by atoms with E-state index in [-0.39, 0.29) is 0 Å². The average Bonchev–Trinajstić information content (AvgIpc) is 3.08. The maximum absolute atomic E-state index is 4.80. The Morgan fingerprint density at radius 2 is 1.78 bits per heavy atom. The Morgan fingerprint density at radius 3 is 2.56 bits per heavy atom. The summed E-state index contributed by atoms with van der Waals surface area (Å²) < 4.78 is 0. The molecule has 2 aromatic carbocycles. The fourth-order valence-electron chi connectivity index (χ4n) is 3.25. The topological polar surface area (TPSA) is 42.7 Å². The molecule has 27 heavy (non-hydrogen) atoms. The van der Waals surface area contributed by atoms with Gasteiger partial charge in [-0.1, -0.05) is 86.3 Å². The van der Waals surface area contributed by atoms with Gasteiger partial charge in [0, 0.05) is 12.1 Å². The Balaban J connectivity index is 1.73. The van der Waals surface area contributed by atoms with Crippen LogP contribution in [0, 0.1) is 6.92 Å². The van der Waals surface area contributed by atoms with Crippen molar-refractivity contribution in [2.45, 2.75) is 52.6 Å². The first-order chi connectivity index (χ1) is 13.3. The van der Waals surface area contributed by atoms with Crippen molar-refractivity contribution in [1.82, 2.24) is 20.3 Å². The number of rotatable bonds is 10. The van der Waals surface area contributed by atoms with E-state index in [4.69, 9.17) is 10.2 Å². The van der Waals surface area contributed by atoms with Gasteiger partial charge in [0.05, 0.1) is 6.54 Å². The number of hydrogen-bond acceptors (Lipinski definition) is 3.